The first-order valence-corrected chi connectivity index (χ1v) is 8.60. The summed E-state index contributed by atoms with van der Waals surface area (Å²) < 4.78 is 23.7. The Bertz CT molecular complexity index is 675. The van der Waals surface area contributed by atoms with Crippen LogP contribution in [-0.4, -0.2) is 48.4 Å². The SMILES string of the molecule is COC(=O)c1ccc(F)cc1N1CCC(O)(CC(=O)OC(C)(C)C)CC1. The predicted molar refractivity (Wildman–Crippen MR) is 94.6 cm³/mol. The van der Waals surface area contributed by atoms with E-state index in [9.17, 15) is 19.1 Å². The summed E-state index contributed by atoms with van der Waals surface area (Å²) in [5.41, 5.74) is -1.08. The summed E-state index contributed by atoms with van der Waals surface area (Å²) in [6, 6.07) is 3.88. The summed E-state index contributed by atoms with van der Waals surface area (Å²) in [7, 11) is 1.27. The minimum absolute atomic E-state index is 0.0921. The molecule has 0 bridgehead atoms. The van der Waals surface area contributed by atoms with Gasteiger partial charge >= 0.3 is 11.9 Å². The van der Waals surface area contributed by atoms with Gasteiger partial charge < -0.3 is 19.5 Å². The summed E-state index contributed by atoms with van der Waals surface area (Å²) in [5.74, 6) is -1.45. The maximum Gasteiger partial charge on any atom is 0.339 e. The van der Waals surface area contributed by atoms with Crippen molar-refractivity contribution in [2.45, 2.75) is 51.2 Å². The highest BCUT2D eigenvalue weighted by molar-refractivity contribution is 5.95. The van der Waals surface area contributed by atoms with Gasteiger partial charge in [0.05, 0.1) is 30.4 Å². The van der Waals surface area contributed by atoms with Crippen molar-refractivity contribution in [3.63, 3.8) is 0 Å². The number of rotatable bonds is 4. The maximum absolute atomic E-state index is 13.7. The van der Waals surface area contributed by atoms with Crippen LogP contribution in [0.25, 0.3) is 0 Å². The van der Waals surface area contributed by atoms with Crippen LogP contribution in [-0.2, 0) is 14.3 Å². The molecule has 1 fully saturated rings. The van der Waals surface area contributed by atoms with Crippen molar-refractivity contribution in [1.29, 1.82) is 0 Å². The molecule has 0 radical (unpaired) electrons. The summed E-state index contributed by atoms with van der Waals surface area (Å²) in [6.45, 7) is 6.08. The van der Waals surface area contributed by atoms with E-state index in [2.05, 4.69) is 0 Å². The predicted octanol–water partition coefficient (Wildman–Crippen LogP) is 2.68. The molecule has 6 nitrogen and oxygen atoms in total. The second kappa shape index (κ2) is 7.61. The van der Waals surface area contributed by atoms with Gasteiger partial charge in [-0.15, -0.1) is 0 Å². The Morgan fingerprint density at radius 1 is 1.27 bits per heavy atom. The van der Waals surface area contributed by atoms with Crippen LogP contribution in [0.2, 0.25) is 0 Å². The molecule has 0 aliphatic carbocycles. The monoisotopic (exact) mass is 367 g/mol. The smallest absolute Gasteiger partial charge is 0.339 e. The average molecular weight is 367 g/mol. The third-order valence-electron chi connectivity index (χ3n) is 4.29. The summed E-state index contributed by atoms with van der Waals surface area (Å²) in [4.78, 5) is 25.7. The standard InChI is InChI=1S/C19H26FNO5/c1-18(2,3)26-16(22)12-19(24)7-9-21(10-8-19)15-11-13(20)5-6-14(15)17(23)25-4/h5-6,11,24H,7-10,12H2,1-4H3. The fourth-order valence-electron chi connectivity index (χ4n) is 3.04. The number of hydrogen-bond acceptors (Lipinski definition) is 6. The lowest BCUT2D eigenvalue weighted by Crippen LogP contribution is -2.46. The molecule has 1 aromatic rings. The molecule has 0 spiro atoms. The normalized spacial score (nSPS) is 16.9. The van der Waals surface area contributed by atoms with Gasteiger partial charge in [0.1, 0.15) is 11.4 Å². The minimum atomic E-state index is -1.17. The molecule has 0 aromatic heterocycles. The summed E-state index contributed by atoms with van der Waals surface area (Å²) in [6.07, 6.45) is 0.526. The number of esters is 2. The molecule has 144 valence electrons. The number of carbonyl (C=O) groups excluding carboxylic acids is 2. The molecular formula is C19H26FNO5. The zero-order valence-corrected chi connectivity index (χ0v) is 15.7. The van der Waals surface area contributed by atoms with Crippen molar-refractivity contribution < 1.29 is 28.6 Å². The third kappa shape index (κ3) is 5.17. The second-order valence-corrected chi connectivity index (χ2v) is 7.63. The van der Waals surface area contributed by atoms with E-state index in [0.29, 0.717) is 31.6 Å². The van der Waals surface area contributed by atoms with Gasteiger partial charge in [-0.1, -0.05) is 0 Å². The van der Waals surface area contributed by atoms with Gasteiger partial charge in [0.2, 0.25) is 0 Å². The molecular weight excluding hydrogens is 341 g/mol. The van der Waals surface area contributed by atoms with E-state index >= 15 is 0 Å². The fourth-order valence-corrected chi connectivity index (χ4v) is 3.04. The number of benzene rings is 1. The van der Waals surface area contributed by atoms with Gasteiger partial charge in [-0.25, -0.2) is 9.18 Å². The molecule has 7 heteroatoms. The molecule has 26 heavy (non-hydrogen) atoms. The number of aliphatic hydroxyl groups is 1. The Labute approximate surface area is 152 Å². The van der Waals surface area contributed by atoms with Crippen LogP contribution >= 0.6 is 0 Å². The first-order chi connectivity index (χ1) is 12.0. The first kappa shape index (κ1) is 20.2. The van der Waals surface area contributed by atoms with Crippen molar-refractivity contribution in [1.82, 2.24) is 0 Å². The number of piperidine rings is 1. The Morgan fingerprint density at radius 2 is 1.88 bits per heavy atom. The van der Waals surface area contributed by atoms with Crippen LogP contribution in [0.15, 0.2) is 18.2 Å². The number of nitrogens with zero attached hydrogens (tertiary/aromatic N) is 1. The van der Waals surface area contributed by atoms with Crippen molar-refractivity contribution >= 4 is 17.6 Å². The van der Waals surface area contributed by atoms with E-state index in [-0.39, 0.29) is 12.0 Å². The van der Waals surface area contributed by atoms with Crippen LogP contribution < -0.4 is 4.90 Å². The number of hydrogen-bond donors (Lipinski definition) is 1. The van der Waals surface area contributed by atoms with Crippen LogP contribution in [0, 0.1) is 5.82 Å². The van der Waals surface area contributed by atoms with Crippen molar-refractivity contribution in [2.24, 2.45) is 0 Å². The Balaban J connectivity index is 2.07. The molecule has 1 heterocycles. The van der Waals surface area contributed by atoms with Crippen LogP contribution in [0.1, 0.15) is 50.4 Å². The van der Waals surface area contributed by atoms with E-state index in [4.69, 9.17) is 9.47 Å². The third-order valence-corrected chi connectivity index (χ3v) is 4.29. The molecule has 0 amide bonds. The Hall–Kier alpha value is -2.15. The van der Waals surface area contributed by atoms with Gasteiger partial charge in [0.25, 0.3) is 0 Å². The number of carbonyl (C=O) groups is 2. The van der Waals surface area contributed by atoms with Gasteiger partial charge in [0, 0.05) is 13.1 Å². The lowest BCUT2D eigenvalue weighted by atomic mass is 9.87. The van der Waals surface area contributed by atoms with E-state index in [1.165, 1.54) is 25.3 Å². The van der Waals surface area contributed by atoms with Crippen molar-refractivity contribution in [3.05, 3.63) is 29.6 Å². The Morgan fingerprint density at radius 3 is 2.42 bits per heavy atom. The topological polar surface area (TPSA) is 76.1 Å². The lowest BCUT2D eigenvalue weighted by molar-refractivity contribution is -0.161. The molecule has 1 N–H and O–H groups in total. The molecule has 1 aromatic carbocycles. The zero-order chi connectivity index (χ0) is 19.5. The highest BCUT2D eigenvalue weighted by Gasteiger charge is 2.36. The van der Waals surface area contributed by atoms with Crippen molar-refractivity contribution in [2.75, 3.05) is 25.1 Å². The number of halogens is 1. The first-order valence-electron chi connectivity index (χ1n) is 8.60. The molecule has 1 saturated heterocycles. The van der Waals surface area contributed by atoms with Gasteiger partial charge in [-0.2, -0.15) is 0 Å². The van der Waals surface area contributed by atoms with Gasteiger partial charge in [-0.05, 0) is 51.8 Å². The highest BCUT2D eigenvalue weighted by Crippen LogP contribution is 2.32. The van der Waals surface area contributed by atoms with Gasteiger partial charge in [-0.3, -0.25) is 4.79 Å². The lowest BCUT2D eigenvalue weighted by Gasteiger charge is -2.39. The number of ether oxygens (including phenoxy) is 2. The molecule has 0 saturated carbocycles. The molecule has 2 rings (SSSR count). The molecule has 0 atom stereocenters. The number of anilines is 1. The van der Waals surface area contributed by atoms with Crippen LogP contribution in [0.3, 0.4) is 0 Å². The van der Waals surface area contributed by atoms with Gasteiger partial charge in [0.15, 0.2) is 0 Å². The molecule has 1 aliphatic heterocycles. The van der Waals surface area contributed by atoms with E-state index < -0.39 is 29.0 Å². The van der Waals surface area contributed by atoms with E-state index in [0.717, 1.165) is 0 Å². The Kier molecular flexibility index (Phi) is 5.91. The van der Waals surface area contributed by atoms with E-state index in [1.807, 2.05) is 4.90 Å². The molecule has 1 aliphatic rings. The average Bonchev–Trinajstić information content (AvgIpc) is 2.52. The summed E-state index contributed by atoms with van der Waals surface area (Å²) in [5, 5.41) is 10.7. The quantitative estimate of drug-likeness (QED) is 0.825. The van der Waals surface area contributed by atoms with Crippen molar-refractivity contribution in [3.8, 4) is 0 Å². The zero-order valence-electron chi connectivity index (χ0n) is 15.7. The highest BCUT2D eigenvalue weighted by atomic mass is 19.1. The molecule has 0 unspecified atom stereocenters. The van der Waals surface area contributed by atoms with Crippen LogP contribution in [0.5, 0.6) is 0 Å². The fraction of sp³-hybridized carbons (Fsp3) is 0.579. The summed E-state index contributed by atoms with van der Waals surface area (Å²) >= 11 is 0. The second-order valence-electron chi connectivity index (χ2n) is 7.63. The maximum atomic E-state index is 13.7. The van der Waals surface area contributed by atoms with E-state index in [1.54, 1.807) is 20.8 Å². The van der Waals surface area contributed by atoms with Crippen LogP contribution in [0.4, 0.5) is 10.1 Å². The number of methoxy groups -OCH3 is 1. The minimum Gasteiger partial charge on any atom is -0.465 e. The largest absolute Gasteiger partial charge is 0.465 e.